The van der Waals surface area contributed by atoms with Gasteiger partial charge in [-0.15, -0.1) is 0 Å². The highest BCUT2D eigenvalue weighted by Gasteiger charge is 2.37. The Balaban J connectivity index is 3.29. The number of methoxy groups -OCH3 is 1. The minimum absolute atomic E-state index is 0.00634. The molecule has 1 aromatic rings. The van der Waals surface area contributed by atoms with Gasteiger partial charge in [-0.3, -0.25) is 0 Å². The molecule has 3 nitrogen and oxygen atoms in total. The minimum Gasteiger partial charge on any atom is -0.496 e. The van der Waals surface area contributed by atoms with E-state index in [1.807, 2.05) is 0 Å². The number of allylic oxidation sites excluding steroid dienone is 1. The molecule has 0 aliphatic carbocycles. The number of hydrogen-bond acceptors (Lipinski definition) is 3. The summed E-state index contributed by atoms with van der Waals surface area (Å²) in [5, 5.41) is 0. The van der Waals surface area contributed by atoms with E-state index >= 15 is 0 Å². The molecule has 0 heterocycles. The molecule has 19 heavy (non-hydrogen) atoms. The van der Waals surface area contributed by atoms with Crippen molar-refractivity contribution >= 4 is 11.5 Å². The van der Waals surface area contributed by atoms with Crippen LogP contribution in [0.25, 0.3) is 5.57 Å². The summed E-state index contributed by atoms with van der Waals surface area (Å²) in [7, 11) is 1.26. The molecule has 0 saturated carbocycles. The van der Waals surface area contributed by atoms with Crippen LogP contribution in [0.2, 0.25) is 0 Å². The molecule has 0 aliphatic heterocycles. The van der Waals surface area contributed by atoms with Crippen molar-refractivity contribution in [2.45, 2.75) is 13.1 Å². The Bertz CT molecular complexity index is 478. The van der Waals surface area contributed by atoms with Crippen LogP contribution in [-0.4, -0.2) is 25.9 Å². The second-order valence-electron chi connectivity index (χ2n) is 3.51. The van der Waals surface area contributed by atoms with Crippen LogP contribution in [-0.2, 0) is 9.53 Å². The lowest BCUT2D eigenvalue weighted by Crippen LogP contribution is -2.14. The zero-order chi connectivity index (χ0) is 14.5. The summed E-state index contributed by atoms with van der Waals surface area (Å²) in [6.45, 7) is 1.52. The van der Waals surface area contributed by atoms with Crippen molar-refractivity contribution in [1.29, 1.82) is 0 Å². The van der Waals surface area contributed by atoms with Gasteiger partial charge in [-0.05, 0) is 13.0 Å². The summed E-state index contributed by atoms with van der Waals surface area (Å²) < 4.78 is 48.3. The highest BCUT2D eigenvalue weighted by Crippen LogP contribution is 2.38. The van der Waals surface area contributed by atoms with Crippen LogP contribution in [0.1, 0.15) is 12.5 Å². The topological polar surface area (TPSA) is 35.5 Å². The Kier molecular flexibility index (Phi) is 4.97. The summed E-state index contributed by atoms with van der Waals surface area (Å²) in [6, 6.07) is 5.60. The molecule has 0 unspecified atom stereocenters. The highest BCUT2D eigenvalue weighted by molar-refractivity contribution is 5.93. The minimum atomic E-state index is -4.68. The monoisotopic (exact) mass is 274 g/mol. The Labute approximate surface area is 108 Å². The molecule has 0 saturated heterocycles. The van der Waals surface area contributed by atoms with Crippen LogP contribution >= 0.6 is 0 Å². The molecule has 0 N–H and O–H groups in total. The number of ether oxygens (including phenoxy) is 2. The Morgan fingerprint density at radius 2 is 1.95 bits per heavy atom. The van der Waals surface area contributed by atoms with Gasteiger partial charge in [0.25, 0.3) is 0 Å². The second-order valence-corrected chi connectivity index (χ2v) is 3.51. The number of hydrogen-bond donors (Lipinski definition) is 0. The van der Waals surface area contributed by atoms with E-state index in [1.165, 1.54) is 32.2 Å². The van der Waals surface area contributed by atoms with Crippen molar-refractivity contribution in [2.24, 2.45) is 0 Å². The van der Waals surface area contributed by atoms with Crippen LogP contribution in [0.15, 0.2) is 30.3 Å². The van der Waals surface area contributed by atoms with Crippen LogP contribution in [0, 0.1) is 0 Å². The zero-order valence-electron chi connectivity index (χ0n) is 10.5. The quantitative estimate of drug-likeness (QED) is 0.624. The number of alkyl halides is 3. The molecule has 0 aliphatic rings. The molecule has 1 aromatic carbocycles. The van der Waals surface area contributed by atoms with Crippen molar-refractivity contribution in [1.82, 2.24) is 0 Å². The number of benzene rings is 1. The van der Waals surface area contributed by atoms with Crippen LogP contribution in [0.5, 0.6) is 5.75 Å². The molecular weight excluding hydrogens is 261 g/mol. The number of carbonyl (C=O) groups excluding carboxylic acids is 1. The van der Waals surface area contributed by atoms with Gasteiger partial charge in [0.15, 0.2) is 0 Å². The van der Waals surface area contributed by atoms with Crippen molar-refractivity contribution in [3.8, 4) is 5.75 Å². The van der Waals surface area contributed by atoms with Gasteiger partial charge in [0.1, 0.15) is 5.75 Å². The van der Waals surface area contributed by atoms with Gasteiger partial charge in [0.2, 0.25) is 0 Å². The average Bonchev–Trinajstić information content (AvgIpc) is 2.35. The van der Waals surface area contributed by atoms with Gasteiger partial charge in [-0.1, -0.05) is 18.2 Å². The summed E-state index contributed by atoms with van der Waals surface area (Å²) in [4.78, 5) is 11.2. The Morgan fingerprint density at radius 1 is 1.32 bits per heavy atom. The molecule has 0 bridgehead atoms. The molecule has 0 spiro atoms. The Morgan fingerprint density at radius 3 is 2.47 bits per heavy atom. The molecule has 0 amide bonds. The smallest absolute Gasteiger partial charge is 0.417 e. The summed E-state index contributed by atoms with van der Waals surface area (Å²) >= 11 is 0. The predicted molar refractivity (Wildman–Crippen MR) is 63.7 cm³/mol. The number of carbonyl (C=O) groups is 1. The van der Waals surface area contributed by atoms with Gasteiger partial charge >= 0.3 is 12.1 Å². The van der Waals surface area contributed by atoms with E-state index in [0.29, 0.717) is 6.08 Å². The maximum absolute atomic E-state index is 13.0. The molecule has 0 radical (unpaired) electrons. The number of esters is 1. The summed E-state index contributed by atoms with van der Waals surface area (Å²) in [6.07, 6.45) is -4.25. The SMILES string of the molecule is CCOC(=O)/C=C(\c1ccccc1OC)C(F)(F)F. The fourth-order valence-electron chi connectivity index (χ4n) is 1.48. The first-order valence-corrected chi connectivity index (χ1v) is 5.49. The van der Waals surface area contributed by atoms with Crippen LogP contribution in [0.4, 0.5) is 13.2 Å². The third kappa shape index (κ3) is 4.01. The molecule has 0 fully saturated rings. The first-order chi connectivity index (χ1) is 8.90. The van der Waals surface area contributed by atoms with E-state index in [1.54, 1.807) is 6.07 Å². The average molecular weight is 274 g/mol. The highest BCUT2D eigenvalue weighted by atomic mass is 19.4. The van der Waals surface area contributed by atoms with E-state index in [4.69, 9.17) is 4.74 Å². The van der Waals surface area contributed by atoms with E-state index in [9.17, 15) is 18.0 Å². The molecule has 104 valence electrons. The maximum Gasteiger partial charge on any atom is 0.417 e. The van der Waals surface area contributed by atoms with Gasteiger partial charge in [0, 0.05) is 11.6 Å². The molecule has 0 atom stereocenters. The lowest BCUT2D eigenvalue weighted by molar-refractivity contribution is -0.137. The molecule has 0 aromatic heterocycles. The first kappa shape index (κ1) is 15.1. The van der Waals surface area contributed by atoms with Gasteiger partial charge in [-0.25, -0.2) is 4.79 Å². The van der Waals surface area contributed by atoms with Crippen molar-refractivity contribution in [3.05, 3.63) is 35.9 Å². The summed E-state index contributed by atoms with van der Waals surface area (Å²) in [5.74, 6) is -1.00. The fourth-order valence-corrected chi connectivity index (χ4v) is 1.48. The lowest BCUT2D eigenvalue weighted by atomic mass is 10.0. The van der Waals surface area contributed by atoms with E-state index in [0.717, 1.165) is 0 Å². The van der Waals surface area contributed by atoms with E-state index in [-0.39, 0.29) is 17.9 Å². The fraction of sp³-hybridized carbons (Fsp3) is 0.308. The standard InChI is InChI=1S/C13H13F3O3/c1-3-19-12(17)8-10(13(14,15)16)9-6-4-5-7-11(9)18-2/h4-8H,3H2,1-2H3/b10-8+. The first-order valence-electron chi connectivity index (χ1n) is 5.49. The third-order valence-electron chi connectivity index (χ3n) is 2.25. The second kappa shape index (κ2) is 6.26. The predicted octanol–water partition coefficient (Wildman–Crippen LogP) is 3.20. The van der Waals surface area contributed by atoms with Gasteiger partial charge in [0.05, 0.1) is 19.3 Å². The van der Waals surface area contributed by atoms with Crippen molar-refractivity contribution < 1.29 is 27.4 Å². The zero-order valence-corrected chi connectivity index (χ0v) is 10.5. The van der Waals surface area contributed by atoms with Gasteiger partial charge in [-0.2, -0.15) is 13.2 Å². The normalized spacial score (nSPS) is 12.2. The van der Waals surface area contributed by atoms with Crippen LogP contribution < -0.4 is 4.74 Å². The number of rotatable bonds is 4. The van der Waals surface area contributed by atoms with Crippen molar-refractivity contribution in [3.63, 3.8) is 0 Å². The molecule has 6 heteroatoms. The summed E-state index contributed by atoms with van der Waals surface area (Å²) in [5.41, 5.74) is -1.30. The van der Waals surface area contributed by atoms with E-state index < -0.39 is 17.7 Å². The third-order valence-corrected chi connectivity index (χ3v) is 2.25. The molecule has 1 rings (SSSR count). The molecular formula is C13H13F3O3. The van der Waals surface area contributed by atoms with E-state index in [2.05, 4.69) is 4.74 Å². The largest absolute Gasteiger partial charge is 0.496 e. The lowest BCUT2D eigenvalue weighted by Gasteiger charge is -2.14. The van der Waals surface area contributed by atoms with Crippen LogP contribution in [0.3, 0.4) is 0 Å². The number of halogens is 3. The van der Waals surface area contributed by atoms with Crippen molar-refractivity contribution in [2.75, 3.05) is 13.7 Å². The number of para-hydroxylation sites is 1. The maximum atomic E-state index is 13.0. The van der Waals surface area contributed by atoms with Gasteiger partial charge < -0.3 is 9.47 Å². The Hall–Kier alpha value is -1.98.